The fourth-order valence-corrected chi connectivity index (χ4v) is 2.50. The van der Waals surface area contributed by atoms with Crippen LogP contribution < -0.4 is 5.32 Å². The Balaban J connectivity index is 2.47. The predicted molar refractivity (Wildman–Crippen MR) is 67.7 cm³/mol. The molecule has 0 saturated heterocycles. The Hall–Kier alpha value is -0.120. The lowest BCUT2D eigenvalue weighted by atomic mass is 9.95. The van der Waals surface area contributed by atoms with Crippen molar-refractivity contribution in [2.45, 2.75) is 45.7 Å². The molecule has 0 saturated carbocycles. The molecule has 1 unspecified atom stereocenters. The third-order valence-electron chi connectivity index (χ3n) is 2.76. The number of alkyl halides is 1. The molecular weight excluding hydrogens is 228 g/mol. The Morgan fingerprint density at radius 2 is 2.33 bits per heavy atom. The van der Waals surface area contributed by atoms with Gasteiger partial charge in [0, 0.05) is 29.0 Å². The number of nitrogens with zero attached hydrogens (tertiary/aromatic N) is 1. The van der Waals surface area contributed by atoms with Crippen molar-refractivity contribution in [2.75, 3.05) is 5.88 Å². The normalized spacial score (nSPS) is 15.2. The van der Waals surface area contributed by atoms with E-state index in [0.29, 0.717) is 5.88 Å². The van der Waals surface area contributed by atoms with E-state index in [9.17, 15) is 0 Å². The molecule has 0 spiro atoms. The Kier molecular flexibility index (Phi) is 5.03. The molecule has 0 aliphatic carbocycles. The number of nitrogens with one attached hydrogen (secondary N) is 1. The summed E-state index contributed by atoms with van der Waals surface area (Å²) in [5, 5.41) is 6.78. The molecule has 0 amide bonds. The fourth-order valence-electron chi connectivity index (χ4n) is 1.37. The molecule has 1 aromatic rings. The molecule has 0 aromatic carbocycles. The monoisotopic (exact) mass is 246 g/mol. The first-order valence-electron chi connectivity index (χ1n) is 5.31. The van der Waals surface area contributed by atoms with Gasteiger partial charge in [-0.05, 0) is 26.7 Å². The van der Waals surface area contributed by atoms with E-state index in [4.69, 9.17) is 11.6 Å². The number of hydrogen-bond acceptors (Lipinski definition) is 3. The summed E-state index contributed by atoms with van der Waals surface area (Å²) >= 11 is 7.51. The van der Waals surface area contributed by atoms with Crippen molar-refractivity contribution in [3.63, 3.8) is 0 Å². The van der Waals surface area contributed by atoms with Crippen molar-refractivity contribution in [2.24, 2.45) is 0 Å². The molecule has 1 atom stereocenters. The highest BCUT2D eigenvalue weighted by Crippen LogP contribution is 2.17. The molecule has 0 aliphatic rings. The zero-order valence-corrected chi connectivity index (χ0v) is 11.2. The zero-order chi connectivity index (χ0) is 11.3. The van der Waals surface area contributed by atoms with E-state index in [-0.39, 0.29) is 5.54 Å². The second-order valence-corrected chi connectivity index (χ2v) is 5.41. The summed E-state index contributed by atoms with van der Waals surface area (Å²) in [6.07, 6.45) is 2.08. The highest BCUT2D eigenvalue weighted by Gasteiger charge is 2.20. The minimum absolute atomic E-state index is 0.140. The maximum atomic E-state index is 5.80. The molecule has 1 N–H and O–H groups in total. The average molecular weight is 247 g/mol. The summed E-state index contributed by atoms with van der Waals surface area (Å²) in [6, 6.07) is 0. The largest absolute Gasteiger partial charge is 0.305 e. The maximum absolute atomic E-state index is 5.80. The van der Waals surface area contributed by atoms with Gasteiger partial charge in [-0.2, -0.15) is 0 Å². The summed E-state index contributed by atoms with van der Waals surface area (Å²) in [5.41, 5.74) is 1.24. The first kappa shape index (κ1) is 12.9. The second-order valence-electron chi connectivity index (χ2n) is 4.09. The first-order valence-corrected chi connectivity index (χ1v) is 6.73. The molecule has 2 nitrogen and oxygen atoms in total. The average Bonchev–Trinajstić information content (AvgIpc) is 2.62. The van der Waals surface area contributed by atoms with Gasteiger partial charge in [-0.3, -0.25) is 0 Å². The SMILES string of the molecule is CCC(C)(CCCl)NCc1nc(C)cs1. The first-order chi connectivity index (χ1) is 7.09. The van der Waals surface area contributed by atoms with Crippen molar-refractivity contribution >= 4 is 22.9 Å². The van der Waals surface area contributed by atoms with Crippen LogP contribution >= 0.6 is 22.9 Å². The van der Waals surface area contributed by atoms with Gasteiger partial charge in [0.25, 0.3) is 0 Å². The maximum Gasteiger partial charge on any atom is 0.107 e. The Labute approximate surface area is 101 Å². The van der Waals surface area contributed by atoms with Gasteiger partial charge in [-0.25, -0.2) is 4.98 Å². The number of thiazole rings is 1. The third kappa shape index (κ3) is 4.09. The summed E-state index contributed by atoms with van der Waals surface area (Å²) in [4.78, 5) is 4.43. The van der Waals surface area contributed by atoms with Crippen molar-refractivity contribution in [1.29, 1.82) is 0 Å². The van der Waals surface area contributed by atoms with Gasteiger partial charge in [0.05, 0.1) is 0 Å². The Bertz CT molecular complexity index is 301. The van der Waals surface area contributed by atoms with Crippen molar-refractivity contribution < 1.29 is 0 Å². The molecule has 1 heterocycles. The van der Waals surface area contributed by atoms with E-state index in [1.165, 1.54) is 0 Å². The van der Waals surface area contributed by atoms with Gasteiger partial charge in [-0.1, -0.05) is 6.92 Å². The van der Waals surface area contributed by atoms with Crippen LogP contribution in [-0.4, -0.2) is 16.4 Å². The quantitative estimate of drug-likeness (QED) is 0.779. The summed E-state index contributed by atoms with van der Waals surface area (Å²) in [6.45, 7) is 7.28. The molecule has 4 heteroatoms. The van der Waals surface area contributed by atoms with Crippen LogP contribution in [0.25, 0.3) is 0 Å². The number of halogens is 1. The lowest BCUT2D eigenvalue weighted by Gasteiger charge is -2.28. The van der Waals surface area contributed by atoms with Crippen LogP contribution in [0.1, 0.15) is 37.4 Å². The van der Waals surface area contributed by atoms with E-state index in [1.54, 1.807) is 11.3 Å². The van der Waals surface area contributed by atoms with Crippen LogP contribution in [0.2, 0.25) is 0 Å². The predicted octanol–water partition coefficient (Wildman–Crippen LogP) is 3.34. The zero-order valence-electron chi connectivity index (χ0n) is 9.64. The molecular formula is C11H19ClN2S. The lowest BCUT2D eigenvalue weighted by molar-refractivity contribution is 0.331. The van der Waals surface area contributed by atoms with Gasteiger partial charge >= 0.3 is 0 Å². The van der Waals surface area contributed by atoms with Crippen LogP contribution in [0.5, 0.6) is 0 Å². The van der Waals surface area contributed by atoms with E-state index in [1.807, 2.05) is 6.92 Å². The molecule has 0 aliphatic heterocycles. The molecule has 86 valence electrons. The summed E-state index contributed by atoms with van der Waals surface area (Å²) in [7, 11) is 0. The van der Waals surface area contributed by atoms with Gasteiger partial charge in [0.15, 0.2) is 0 Å². The van der Waals surface area contributed by atoms with E-state index >= 15 is 0 Å². The van der Waals surface area contributed by atoms with Crippen LogP contribution in [0, 0.1) is 6.92 Å². The second kappa shape index (κ2) is 5.83. The topological polar surface area (TPSA) is 24.9 Å². The molecule has 1 rings (SSSR count). The van der Waals surface area contributed by atoms with Crippen LogP contribution in [-0.2, 0) is 6.54 Å². The van der Waals surface area contributed by atoms with E-state index < -0.39 is 0 Å². The number of aryl methyl sites for hydroxylation is 1. The van der Waals surface area contributed by atoms with Gasteiger partial charge in [-0.15, -0.1) is 22.9 Å². The lowest BCUT2D eigenvalue weighted by Crippen LogP contribution is -2.41. The summed E-state index contributed by atoms with van der Waals surface area (Å²) in [5.74, 6) is 0.703. The Morgan fingerprint density at radius 1 is 1.60 bits per heavy atom. The van der Waals surface area contributed by atoms with Crippen molar-refractivity contribution in [1.82, 2.24) is 10.3 Å². The highest BCUT2D eigenvalue weighted by molar-refractivity contribution is 7.09. The number of aromatic nitrogens is 1. The van der Waals surface area contributed by atoms with Crippen LogP contribution in [0.4, 0.5) is 0 Å². The molecule has 0 radical (unpaired) electrons. The highest BCUT2D eigenvalue weighted by atomic mass is 35.5. The summed E-state index contributed by atoms with van der Waals surface area (Å²) < 4.78 is 0. The van der Waals surface area contributed by atoms with Gasteiger partial charge < -0.3 is 5.32 Å². The van der Waals surface area contributed by atoms with E-state index in [0.717, 1.165) is 30.1 Å². The molecule has 15 heavy (non-hydrogen) atoms. The Morgan fingerprint density at radius 3 is 2.80 bits per heavy atom. The minimum atomic E-state index is 0.140. The third-order valence-corrected chi connectivity index (χ3v) is 3.92. The minimum Gasteiger partial charge on any atom is -0.305 e. The van der Waals surface area contributed by atoms with Gasteiger partial charge in [0.2, 0.25) is 0 Å². The van der Waals surface area contributed by atoms with Crippen molar-refractivity contribution in [3.05, 3.63) is 16.1 Å². The van der Waals surface area contributed by atoms with Crippen molar-refractivity contribution in [3.8, 4) is 0 Å². The fraction of sp³-hybridized carbons (Fsp3) is 0.727. The molecule has 1 aromatic heterocycles. The standard InChI is InChI=1S/C11H19ClN2S/c1-4-11(3,5-6-12)13-7-10-14-9(2)8-15-10/h8,13H,4-7H2,1-3H3. The molecule has 0 fully saturated rings. The van der Waals surface area contributed by atoms with Crippen LogP contribution in [0.3, 0.4) is 0 Å². The van der Waals surface area contributed by atoms with Crippen LogP contribution in [0.15, 0.2) is 5.38 Å². The number of rotatable bonds is 6. The smallest absolute Gasteiger partial charge is 0.107 e. The van der Waals surface area contributed by atoms with Gasteiger partial charge in [0.1, 0.15) is 5.01 Å². The van der Waals surface area contributed by atoms with E-state index in [2.05, 4.69) is 29.5 Å². The molecule has 0 bridgehead atoms. The number of hydrogen-bond donors (Lipinski definition) is 1.